The van der Waals surface area contributed by atoms with Crippen molar-refractivity contribution in [3.8, 4) is 17.2 Å². The lowest BCUT2D eigenvalue weighted by atomic mass is 10.1. The van der Waals surface area contributed by atoms with Gasteiger partial charge in [-0.1, -0.05) is 18.2 Å². The van der Waals surface area contributed by atoms with Crippen LogP contribution >= 0.6 is 11.6 Å². The van der Waals surface area contributed by atoms with Gasteiger partial charge in [0.2, 0.25) is 0 Å². The molecule has 100 valence electrons. The van der Waals surface area contributed by atoms with Crippen LogP contribution in [0.3, 0.4) is 0 Å². The summed E-state index contributed by atoms with van der Waals surface area (Å²) in [7, 11) is 0. The van der Waals surface area contributed by atoms with Crippen LogP contribution < -0.4 is 9.47 Å². The lowest BCUT2D eigenvalue weighted by Crippen LogP contribution is -1.93. The third-order valence-electron chi connectivity index (χ3n) is 2.75. The number of halogens is 1. The van der Waals surface area contributed by atoms with Gasteiger partial charge in [-0.2, -0.15) is 0 Å². The molecular formula is C16H17ClO2. The molecule has 2 aromatic carbocycles. The van der Waals surface area contributed by atoms with Gasteiger partial charge in [0.05, 0.1) is 6.61 Å². The molecule has 3 heteroatoms. The molecule has 0 unspecified atom stereocenters. The average Bonchev–Trinajstić information content (AvgIpc) is 2.42. The first-order valence-corrected chi connectivity index (χ1v) is 6.82. The van der Waals surface area contributed by atoms with Crippen LogP contribution in [0.25, 0.3) is 0 Å². The molecular weight excluding hydrogens is 260 g/mol. The van der Waals surface area contributed by atoms with Crippen molar-refractivity contribution >= 4 is 11.6 Å². The molecule has 0 radical (unpaired) electrons. The molecule has 0 atom stereocenters. The standard InChI is InChI=1S/C16H17ClO2/c1-3-18-14-5-4-6-15(10-14)19-16-9-13(11-17)8-7-12(16)2/h4-10H,3,11H2,1-2H3. The molecule has 0 saturated heterocycles. The molecule has 0 aliphatic rings. The smallest absolute Gasteiger partial charge is 0.131 e. The summed E-state index contributed by atoms with van der Waals surface area (Å²) >= 11 is 5.85. The second kappa shape index (κ2) is 6.48. The second-order valence-corrected chi connectivity index (χ2v) is 4.51. The van der Waals surface area contributed by atoms with Crippen molar-refractivity contribution in [2.45, 2.75) is 19.7 Å². The summed E-state index contributed by atoms with van der Waals surface area (Å²) < 4.78 is 11.4. The fraction of sp³-hybridized carbons (Fsp3) is 0.250. The average molecular weight is 277 g/mol. The Morgan fingerprint density at radius 2 is 1.84 bits per heavy atom. The summed E-state index contributed by atoms with van der Waals surface area (Å²) in [5, 5.41) is 0. The fourth-order valence-electron chi connectivity index (χ4n) is 1.76. The van der Waals surface area contributed by atoms with Crippen LogP contribution in [-0.2, 0) is 5.88 Å². The van der Waals surface area contributed by atoms with Crippen LogP contribution in [0.5, 0.6) is 17.2 Å². The Morgan fingerprint density at radius 3 is 2.58 bits per heavy atom. The van der Waals surface area contributed by atoms with Crippen LogP contribution in [-0.4, -0.2) is 6.61 Å². The summed E-state index contributed by atoms with van der Waals surface area (Å²) in [5.41, 5.74) is 2.12. The van der Waals surface area contributed by atoms with E-state index in [2.05, 4.69) is 0 Å². The Labute approximate surface area is 118 Å². The zero-order valence-corrected chi connectivity index (χ0v) is 11.9. The number of alkyl halides is 1. The molecule has 0 aliphatic heterocycles. The highest BCUT2D eigenvalue weighted by molar-refractivity contribution is 6.17. The second-order valence-electron chi connectivity index (χ2n) is 4.24. The lowest BCUT2D eigenvalue weighted by molar-refractivity contribution is 0.338. The van der Waals surface area contributed by atoms with Gasteiger partial charge in [0, 0.05) is 11.9 Å². The van der Waals surface area contributed by atoms with Crippen molar-refractivity contribution in [3.05, 3.63) is 53.6 Å². The predicted octanol–water partition coefficient (Wildman–Crippen LogP) is 4.92. The minimum absolute atomic E-state index is 0.482. The van der Waals surface area contributed by atoms with E-state index in [0.717, 1.165) is 28.4 Å². The maximum atomic E-state index is 5.90. The highest BCUT2D eigenvalue weighted by Crippen LogP contribution is 2.28. The Kier molecular flexibility index (Phi) is 4.69. The highest BCUT2D eigenvalue weighted by Gasteiger charge is 2.04. The molecule has 0 fully saturated rings. The van der Waals surface area contributed by atoms with E-state index in [1.54, 1.807) is 0 Å². The fourth-order valence-corrected chi connectivity index (χ4v) is 1.92. The van der Waals surface area contributed by atoms with Crippen molar-refractivity contribution in [1.29, 1.82) is 0 Å². The molecule has 0 aliphatic carbocycles. The van der Waals surface area contributed by atoms with Gasteiger partial charge in [-0.3, -0.25) is 0 Å². The Bertz CT molecular complexity index is 552. The zero-order valence-electron chi connectivity index (χ0n) is 11.2. The minimum atomic E-state index is 0.482. The van der Waals surface area contributed by atoms with E-state index >= 15 is 0 Å². The molecule has 0 aromatic heterocycles. The van der Waals surface area contributed by atoms with E-state index in [-0.39, 0.29) is 0 Å². The topological polar surface area (TPSA) is 18.5 Å². The van der Waals surface area contributed by atoms with Gasteiger partial charge in [0.25, 0.3) is 0 Å². The third kappa shape index (κ3) is 3.65. The Morgan fingerprint density at radius 1 is 1.05 bits per heavy atom. The van der Waals surface area contributed by atoms with E-state index in [9.17, 15) is 0 Å². The van der Waals surface area contributed by atoms with Crippen molar-refractivity contribution < 1.29 is 9.47 Å². The number of ether oxygens (including phenoxy) is 2. The summed E-state index contributed by atoms with van der Waals surface area (Å²) in [5.74, 6) is 2.88. The first-order valence-electron chi connectivity index (χ1n) is 6.29. The van der Waals surface area contributed by atoms with Gasteiger partial charge < -0.3 is 9.47 Å². The van der Waals surface area contributed by atoms with Crippen LogP contribution in [0.1, 0.15) is 18.1 Å². The van der Waals surface area contributed by atoms with Gasteiger partial charge in [-0.25, -0.2) is 0 Å². The summed E-state index contributed by atoms with van der Waals surface area (Å²) in [6.07, 6.45) is 0. The molecule has 0 spiro atoms. The number of aryl methyl sites for hydroxylation is 1. The number of hydrogen-bond acceptors (Lipinski definition) is 2. The Balaban J connectivity index is 2.22. The van der Waals surface area contributed by atoms with Crippen LogP contribution in [0.2, 0.25) is 0 Å². The predicted molar refractivity (Wildman–Crippen MR) is 78.4 cm³/mol. The van der Waals surface area contributed by atoms with Crippen molar-refractivity contribution in [1.82, 2.24) is 0 Å². The maximum Gasteiger partial charge on any atom is 0.131 e. The quantitative estimate of drug-likeness (QED) is 0.721. The number of rotatable bonds is 5. The van der Waals surface area contributed by atoms with Crippen LogP contribution in [0.15, 0.2) is 42.5 Å². The van der Waals surface area contributed by atoms with Gasteiger partial charge in [0.1, 0.15) is 17.2 Å². The van der Waals surface area contributed by atoms with Gasteiger partial charge in [0.15, 0.2) is 0 Å². The largest absolute Gasteiger partial charge is 0.494 e. The molecule has 2 rings (SSSR count). The molecule has 0 heterocycles. The molecule has 2 nitrogen and oxygen atoms in total. The molecule has 0 amide bonds. The normalized spacial score (nSPS) is 10.3. The van der Waals surface area contributed by atoms with Crippen LogP contribution in [0, 0.1) is 6.92 Å². The lowest BCUT2D eigenvalue weighted by Gasteiger charge is -2.11. The maximum absolute atomic E-state index is 5.90. The zero-order chi connectivity index (χ0) is 13.7. The molecule has 2 aromatic rings. The minimum Gasteiger partial charge on any atom is -0.494 e. The summed E-state index contributed by atoms with van der Waals surface area (Å²) in [6, 6.07) is 13.6. The first kappa shape index (κ1) is 13.8. The van der Waals surface area contributed by atoms with Gasteiger partial charge in [-0.05, 0) is 43.2 Å². The monoisotopic (exact) mass is 276 g/mol. The SMILES string of the molecule is CCOc1cccc(Oc2cc(CCl)ccc2C)c1. The molecule has 0 bridgehead atoms. The van der Waals surface area contributed by atoms with E-state index in [0.29, 0.717) is 12.5 Å². The summed E-state index contributed by atoms with van der Waals surface area (Å²) in [4.78, 5) is 0. The van der Waals surface area contributed by atoms with Crippen LogP contribution in [0.4, 0.5) is 0 Å². The van der Waals surface area contributed by atoms with E-state index in [1.807, 2.05) is 56.3 Å². The summed E-state index contributed by atoms with van der Waals surface area (Å²) in [6.45, 7) is 4.62. The highest BCUT2D eigenvalue weighted by atomic mass is 35.5. The van der Waals surface area contributed by atoms with E-state index in [1.165, 1.54) is 0 Å². The van der Waals surface area contributed by atoms with Crippen molar-refractivity contribution in [2.75, 3.05) is 6.61 Å². The van der Waals surface area contributed by atoms with Crippen molar-refractivity contribution in [3.63, 3.8) is 0 Å². The molecule has 19 heavy (non-hydrogen) atoms. The first-order chi connectivity index (χ1) is 9.22. The number of benzene rings is 2. The molecule has 0 N–H and O–H groups in total. The van der Waals surface area contributed by atoms with Gasteiger partial charge >= 0.3 is 0 Å². The van der Waals surface area contributed by atoms with E-state index in [4.69, 9.17) is 21.1 Å². The van der Waals surface area contributed by atoms with Gasteiger partial charge in [-0.15, -0.1) is 11.6 Å². The Hall–Kier alpha value is -1.67. The van der Waals surface area contributed by atoms with E-state index < -0.39 is 0 Å². The van der Waals surface area contributed by atoms with Crippen molar-refractivity contribution in [2.24, 2.45) is 0 Å². The molecule has 0 saturated carbocycles. The number of hydrogen-bond donors (Lipinski definition) is 0. The third-order valence-corrected chi connectivity index (χ3v) is 3.06.